The number of carbonyl (C=O) groups is 2. The van der Waals surface area contributed by atoms with Crippen LogP contribution in [0.15, 0.2) is 36.5 Å². The number of carbonyl (C=O) groups excluding carboxylic acids is 2. The Bertz CT molecular complexity index is 1210. The van der Waals surface area contributed by atoms with Crippen molar-refractivity contribution in [3.05, 3.63) is 36.5 Å². The van der Waals surface area contributed by atoms with Crippen LogP contribution in [0.3, 0.4) is 0 Å². The predicted octanol–water partition coefficient (Wildman–Crippen LogP) is 9.39. The first kappa shape index (κ1) is 57.1. The van der Waals surface area contributed by atoms with Gasteiger partial charge in [-0.25, -0.2) is 4.57 Å². The van der Waals surface area contributed by atoms with Crippen molar-refractivity contribution in [2.24, 2.45) is 0 Å². The summed E-state index contributed by atoms with van der Waals surface area (Å²) in [5, 5.41) is 50.1. The molecule has 1 saturated carbocycles. The highest BCUT2D eigenvalue weighted by atomic mass is 31.2. The van der Waals surface area contributed by atoms with Gasteiger partial charge in [-0.05, 0) is 44.9 Å². The number of aliphatic hydroxyl groups is 5. The van der Waals surface area contributed by atoms with Gasteiger partial charge < -0.3 is 39.9 Å². The van der Waals surface area contributed by atoms with Gasteiger partial charge in [0.15, 0.2) is 6.10 Å². The van der Waals surface area contributed by atoms with Gasteiger partial charge in [-0.1, -0.05) is 172 Å². The van der Waals surface area contributed by atoms with Gasteiger partial charge in [0.2, 0.25) is 0 Å². The molecule has 0 radical (unpaired) electrons. The average Bonchev–Trinajstić information content (AvgIpc) is 3.24. The Morgan fingerprint density at radius 1 is 0.508 bits per heavy atom. The summed E-state index contributed by atoms with van der Waals surface area (Å²) in [5.41, 5.74) is 0. The van der Waals surface area contributed by atoms with E-state index < -0.39 is 75.7 Å². The highest BCUT2D eigenvalue weighted by Gasteiger charge is 2.51. The molecule has 14 heteroatoms. The van der Waals surface area contributed by atoms with Crippen LogP contribution in [0.2, 0.25) is 0 Å². The predicted molar refractivity (Wildman–Crippen MR) is 240 cm³/mol. The maximum atomic E-state index is 12.8. The van der Waals surface area contributed by atoms with Crippen LogP contribution in [0, 0.1) is 0 Å². The smallest absolute Gasteiger partial charge is 0.462 e. The van der Waals surface area contributed by atoms with E-state index in [0.717, 1.165) is 38.5 Å². The van der Waals surface area contributed by atoms with E-state index in [9.17, 15) is 44.6 Å². The molecule has 0 saturated heterocycles. The lowest BCUT2D eigenvalue weighted by Crippen LogP contribution is -2.64. The Balaban J connectivity index is 2.49. The normalized spacial score (nSPS) is 22.3. The Morgan fingerprint density at radius 2 is 0.902 bits per heavy atom. The van der Waals surface area contributed by atoms with Crippen molar-refractivity contribution in [1.82, 2.24) is 0 Å². The zero-order valence-corrected chi connectivity index (χ0v) is 38.6. The summed E-state index contributed by atoms with van der Waals surface area (Å²) >= 11 is 0. The summed E-state index contributed by atoms with van der Waals surface area (Å²) in [6, 6.07) is 0. The first-order chi connectivity index (χ1) is 29.4. The molecule has 0 aromatic rings. The zero-order valence-electron chi connectivity index (χ0n) is 37.7. The first-order valence-corrected chi connectivity index (χ1v) is 25.3. The summed E-state index contributed by atoms with van der Waals surface area (Å²) in [7, 11) is -5.13. The lowest BCUT2D eigenvalue weighted by molar-refractivity contribution is -0.220. The molecule has 0 amide bonds. The van der Waals surface area contributed by atoms with Crippen molar-refractivity contribution in [3.8, 4) is 0 Å². The van der Waals surface area contributed by atoms with E-state index in [-0.39, 0.29) is 12.8 Å². The van der Waals surface area contributed by atoms with Gasteiger partial charge in [-0.2, -0.15) is 0 Å². The second kappa shape index (κ2) is 37.4. The summed E-state index contributed by atoms with van der Waals surface area (Å²) < 4.78 is 33.5. The maximum absolute atomic E-state index is 12.8. The molecule has 0 heterocycles. The maximum Gasteiger partial charge on any atom is 0.472 e. The third kappa shape index (κ3) is 30.0. The van der Waals surface area contributed by atoms with Crippen molar-refractivity contribution in [2.75, 3.05) is 13.2 Å². The fourth-order valence-corrected chi connectivity index (χ4v) is 8.10. The largest absolute Gasteiger partial charge is 0.472 e. The quantitative estimate of drug-likeness (QED) is 0.0147. The molecule has 0 aliphatic heterocycles. The van der Waals surface area contributed by atoms with Gasteiger partial charge >= 0.3 is 19.8 Å². The highest BCUT2D eigenvalue weighted by molar-refractivity contribution is 7.47. The van der Waals surface area contributed by atoms with Gasteiger partial charge in [-0.15, -0.1) is 0 Å². The first-order valence-electron chi connectivity index (χ1n) is 23.8. The number of esters is 2. The number of phosphoric ester groups is 1. The molecule has 6 N–H and O–H groups in total. The van der Waals surface area contributed by atoms with Gasteiger partial charge in [-0.3, -0.25) is 18.6 Å². The van der Waals surface area contributed by atoms with E-state index in [4.69, 9.17) is 18.5 Å². The standard InChI is InChI=1S/C47H85O13P/c1-3-5-7-9-11-13-15-17-19-20-22-24-26-28-30-32-34-36-41(49)59-39(38-58-61(55,56)60-47-45(53)43(51)42(50)44(52)46(47)54)37-57-40(48)35-33-31-29-27-25-23-21-18-16-14-12-10-8-6-4-2/h17,19,22,24,28,30,39,42-47,50-54H,3-16,18,20-21,23,25-27,29,31-38H2,1-2H3,(H,55,56)/t39-,42?,43-,44?,45?,46?,47?/m1/s1. The summed E-state index contributed by atoms with van der Waals surface area (Å²) in [6.07, 6.45) is 29.2. The number of hydrogen-bond donors (Lipinski definition) is 6. The molecule has 1 aliphatic rings. The number of unbranched alkanes of at least 4 members (excludes halogenated alkanes) is 21. The number of hydrogen-bond acceptors (Lipinski definition) is 12. The summed E-state index contributed by atoms with van der Waals surface area (Å²) in [4.78, 5) is 35.7. The van der Waals surface area contributed by atoms with Gasteiger partial charge in [0.1, 0.15) is 43.2 Å². The van der Waals surface area contributed by atoms with E-state index in [1.807, 2.05) is 12.2 Å². The van der Waals surface area contributed by atoms with E-state index in [0.29, 0.717) is 19.3 Å². The fourth-order valence-electron chi connectivity index (χ4n) is 7.13. The molecule has 1 aliphatic carbocycles. The van der Waals surface area contributed by atoms with E-state index in [1.165, 1.54) is 109 Å². The molecule has 0 bridgehead atoms. The number of allylic oxidation sites excluding steroid dienone is 6. The Kier molecular flexibility index (Phi) is 35.0. The zero-order chi connectivity index (χ0) is 45.0. The number of aliphatic hydroxyl groups excluding tert-OH is 5. The molecule has 1 rings (SSSR count). The summed E-state index contributed by atoms with van der Waals surface area (Å²) in [5.74, 6) is -1.15. The fraction of sp³-hybridized carbons (Fsp3) is 0.830. The molecule has 1 fully saturated rings. The number of rotatable bonds is 39. The van der Waals surface area contributed by atoms with Crippen LogP contribution in [0.25, 0.3) is 0 Å². The second-order valence-corrected chi connectivity index (χ2v) is 18.0. The third-order valence-electron chi connectivity index (χ3n) is 11.0. The third-order valence-corrected chi connectivity index (χ3v) is 12.0. The highest BCUT2D eigenvalue weighted by Crippen LogP contribution is 2.47. The van der Waals surface area contributed by atoms with Gasteiger partial charge in [0, 0.05) is 12.8 Å². The molecule has 0 aromatic carbocycles. The Morgan fingerprint density at radius 3 is 1.39 bits per heavy atom. The lowest BCUT2D eigenvalue weighted by atomic mass is 9.85. The van der Waals surface area contributed by atoms with Crippen LogP contribution in [0.4, 0.5) is 0 Å². The number of ether oxygens (including phenoxy) is 2. The van der Waals surface area contributed by atoms with Crippen molar-refractivity contribution >= 4 is 19.8 Å². The molecule has 61 heavy (non-hydrogen) atoms. The topological polar surface area (TPSA) is 210 Å². The van der Waals surface area contributed by atoms with Crippen molar-refractivity contribution in [2.45, 2.75) is 236 Å². The number of phosphoric acid groups is 1. The molecule has 8 atom stereocenters. The van der Waals surface area contributed by atoms with Crippen LogP contribution in [-0.4, -0.2) is 98.3 Å². The second-order valence-electron chi connectivity index (χ2n) is 16.6. The molecule has 0 aromatic heterocycles. The van der Waals surface area contributed by atoms with Crippen LogP contribution in [-0.2, 0) is 32.7 Å². The molecule has 0 spiro atoms. The summed E-state index contributed by atoms with van der Waals surface area (Å²) in [6.45, 7) is 3.26. The molecule has 356 valence electrons. The van der Waals surface area contributed by atoms with Crippen LogP contribution in [0.5, 0.6) is 0 Å². The minimum Gasteiger partial charge on any atom is -0.462 e. The van der Waals surface area contributed by atoms with E-state index in [1.54, 1.807) is 0 Å². The van der Waals surface area contributed by atoms with Crippen LogP contribution in [0.1, 0.15) is 194 Å². The monoisotopic (exact) mass is 889 g/mol. The minimum absolute atomic E-state index is 0.0268. The SMILES string of the molecule is CCCCCCCCC=CCC=CCC=CCCCC(=O)O[C@H](COC(=O)CCCCCCCCCCCCCCCCC)COP(=O)(O)OC1C(O)C(O)C(O)[C@@H](O)C1O. The molecule has 6 unspecified atom stereocenters. The van der Waals surface area contributed by atoms with Gasteiger partial charge in [0.05, 0.1) is 6.61 Å². The molecular formula is C47H85O13P. The van der Waals surface area contributed by atoms with E-state index in [2.05, 4.69) is 38.2 Å². The van der Waals surface area contributed by atoms with Crippen LogP contribution < -0.4 is 0 Å². The average molecular weight is 889 g/mol. The van der Waals surface area contributed by atoms with Crippen molar-refractivity contribution < 1.29 is 63.1 Å². The minimum atomic E-state index is -5.13. The Labute approximate surface area is 368 Å². The Hall–Kier alpha value is -1.93. The van der Waals surface area contributed by atoms with Crippen molar-refractivity contribution in [3.63, 3.8) is 0 Å². The van der Waals surface area contributed by atoms with E-state index >= 15 is 0 Å². The molecule has 13 nitrogen and oxygen atoms in total. The van der Waals surface area contributed by atoms with Crippen molar-refractivity contribution in [1.29, 1.82) is 0 Å². The molecular weight excluding hydrogens is 803 g/mol. The van der Waals surface area contributed by atoms with Crippen LogP contribution >= 0.6 is 7.82 Å². The van der Waals surface area contributed by atoms with Gasteiger partial charge in [0.25, 0.3) is 0 Å². The lowest BCUT2D eigenvalue weighted by Gasteiger charge is -2.41.